The van der Waals surface area contributed by atoms with Crippen molar-refractivity contribution in [2.24, 2.45) is 5.73 Å². The normalized spacial score (nSPS) is 10.7. The molecule has 3 nitrogen and oxygen atoms in total. The largest absolute Gasteiger partial charge is 0.330 e. The maximum absolute atomic E-state index is 6.07. The molecule has 0 amide bonds. The summed E-state index contributed by atoms with van der Waals surface area (Å²) in [4.78, 5) is 0. The van der Waals surface area contributed by atoms with Crippen LogP contribution in [-0.4, -0.2) is 16.7 Å². The molecular weight excluding hydrogens is 242 g/mol. The fourth-order valence-corrected chi connectivity index (χ4v) is 2.54. The van der Waals surface area contributed by atoms with Crippen molar-refractivity contribution in [2.75, 3.05) is 6.54 Å². The molecule has 1 heterocycles. The molecule has 0 saturated heterocycles. The number of benzene rings is 1. The molecule has 1 aromatic carbocycles. The van der Waals surface area contributed by atoms with E-state index in [4.69, 9.17) is 17.3 Å². The molecule has 0 atom stereocenters. The zero-order valence-corrected chi connectivity index (χ0v) is 10.5. The Hall–Kier alpha value is -0.970. The molecule has 0 aliphatic carbocycles. The van der Waals surface area contributed by atoms with Crippen molar-refractivity contribution in [1.29, 1.82) is 0 Å². The number of hydrogen-bond acceptors (Lipinski definition) is 4. The third-order valence-electron chi connectivity index (χ3n) is 2.32. The summed E-state index contributed by atoms with van der Waals surface area (Å²) in [5.41, 5.74) is 7.57. The predicted octanol–water partition coefficient (Wildman–Crippen LogP) is 2.67. The number of rotatable bonds is 3. The first-order valence-electron chi connectivity index (χ1n) is 5.00. The third-order valence-corrected chi connectivity index (χ3v) is 3.75. The quantitative estimate of drug-likeness (QED) is 0.915. The first kappa shape index (κ1) is 11.5. The van der Waals surface area contributed by atoms with Crippen molar-refractivity contribution in [3.63, 3.8) is 0 Å². The van der Waals surface area contributed by atoms with Gasteiger partial charge in [-0.05, 0) is 25.1 Å². The maximum atomic E-state index is 6.07. The van der Waals surface area contributed by atoms with Crippen LogP contribution in [0.4, 0.5) is 0 Å². The molecule has 1 aromatic heterocycles. The summed E-state index contributed by atoms with van der Waals surface area (Å²) in [5, 5.41) is 10.9. The van der Waals surface area contributed by atoms with E-state index in [0.717, 1.165) is 32.6 Å². The molecule has 0 saturated carbocycles. The fraction of sp³-hybridized carbons (Fsp3) is 0.273. The molecule has 0 bridgehead atoms. The number of hydrogen-bond donors (Lipinski definition) is 1. The van der Waals surface area contributed by atoms with Crippen LogP contribution < -0.4 is 5.73 Å². The molecule has 2 aromatic rings. The lowest BCUT2D eigenvalue weighted by Gasteiger charge is -2.02. The molecule has 16 heavy (non-hydrogen) atoms. The second kappa shape index (κ2) is 4.91. The van der Waals surface area contributed by atoms with Crippen LogP contribution in [0.5, 0.6) is 0 Å². The molecule has 5 heteroatoms. The Bertz CT molecular complexity index is 496. The van der Waals surface area contributed by atoms with Crippen LogP contribution in [-0.2, 0) is 6.42 Å². The second-order valence-corrected chi connectivity index (χ2v) is 4.92. The Morgan fingerprint density at radius 1 is 1.38 bits per heavy atom. The Morgan fingerprint density at radius 3 is 2.94 bits per heavy atom. The van der Waals surface area contributed by atoms with Gasteiger partial charge in [-0.3, -0.25) is 0 Å². The highest BCUT2D eigenvalue weighted by Crippen LogP contribution is 2.30. The van der Waals surface area contributed by atoms with E-state index in [1.165, 1.54) is 0 Å². The molecule has 84 valence electrons. The molecular formula is C11H12ClN3S. The second-order valence-electron chi connectivity index (χ2n) is 3.45. The zero-order chi connectivity index (χ0) is 11.5. The zero-order valence-electron chi connectivity index (χ0n) is 8.90. The Kier molecular flexibility index (Phi) is 3.53. The summed E-state index contributed by atoms with van der Waals surface area (Å²) in [5.74, 6) is 0. The molecule has 0 unspecified atom stereocenters. The lowest BCUT2D eigenvalue weighted by molar-refractivity contribution is 0.913. The molecule has 0 aliphatic rings. The maximum Gasteiger partial charge on any atom is 0.148 e. The van der Waals surface area contributed by atoms with Crippen molar-refractivity contribution in [1.82, 2.24) is 10.2 Å². The van der Waals surface area contributed by atoms with E-state index in [1.54, 1.807) is 11.3 Å². The van der Waals surface area contributed by atoms with Crippen LogP contribution in [0.25, 0.3) is 10.6 Å². The minimum absolute atomic E-state index is 0.600. The van der Waals surface area contributed by atoms with E-state index in [2.05, 4.69) is 10.2 Å². The Labute approximate surface area is 103 Å². The highest BCUT2D eigenvalue weighted by molar-refractivity contribution is 7.14. The van der Waals surface area contributed by atoms with E-state index in [1.807, 2.05) is 25.1 Å². The predicted molar refractivity (Wildman–Crippen MR) is 67.9 cm³/mol. The summed E-state index contributed by atoms with van der Waals surface area (Å²) < 4.78 is 0. The SMILES string of the molecule is Cc1c(Cl)cccc1-c1nnc(CCN)s1. The van der Waals surface area contributed by atoms with Gasteiger partial charge in [0.25, 0.3) is 0 Å². The number of nitrogens with zero attached hydrogens (tertiary/aromatic N) is 2. The summed E-state index contributed by atoms with van der Waals surface area (Å²) in [6.45, 7) is 2.59. The van der Waals surface area contributed by atoms with Crippen molar-refractivity contribution in [3.8, 4) is 10.6 Å². The van der Waals surface area contributed by atoms with Gasteiger partial charge in [0.05, 0.1) is 0 Å². The van der Waals surface area contributed by atoms with Crippen LogP contribution in [0.2, 0.25) is 5.02 Å². The smallest absolute Gasteiger partial charge is 0.148 e. The van der Waals surface area contributed by atoms with Crippen LogP contribution >= 0.6 is 22.9 Å². The molecule has 0 aliphatic heterocycles. The Morgan fingerprint density at radius 2 is 2.19 bits per heavy atom. The van der Waals surface area contributed by atoms with E-state index in [0.29, 0.717) is 6.54 Å². The van der Waals surface area contributed by atoms with Gasteiger partial charge in [-0.1, -0.05) is 35.1 Å². The van der Waals surface area contributed by atoms with Crippen LogP contribution in [0.3, 0.4) is 0 Å². The molecule has 2 rings (SSSR count). The number of halogens is 1. The average molecular weight is 254 g/mol. The van der Waals surface area contributed by atoms with E-state index < -0.39 is 0 Å². The summed E-state index contributed by atoms with van der Waals surface area (Å²) in [6.07, 6.45) is 0.775. The van der Waals surface area contributed by atoms with Crippen molar-refractivity contribution in [2.45, 2.75) is 13.3 Å². The number of aromatic nitrogens is 2. The summed E-state index contributed by atoms with van der Waals surface area (Å²) >= 11 is 7.64. The van der Waals surface area contributed by atoms with Crippen LogP contribution in [0, 0.1) is 6.92 Å². The van der Waals surface area contributed by atoms with Crippen LogP contribution in [0.15, 0.2) is 18.2 Å². The first-order valence-corrected chi connectivity index (χ1v) is 6.19. The average Bonchev–Trinajstić information content (AvgIpc) is 2.71. The molecule has 0 fully saturated rings. The fourth-order valence-electron chi connectivity index (χ4n) is 1.43. The molecule has 0 radical (unpaired) electrons. The topological polar surface area (TPSA) is 51.8 Å². The minimum Gasteiger partial charge on any atom is -0.330 e. The van der Waals surface area contributed by atoms with Gasteiger partial charge in [0.2, 0.25) is 0 Å². The molecule has 0 spiro atoms. The highest BCUT2D eigenvalue weighted by atomic mass is 35.5. The summed E-state index contributed by atoms with van der Waals surface area (Å²) in [7, 11) is 0. The van der Waals surface area contributed by atoms with Gasteiger partial charge < -0.3 is 5.73 Å². The Balaban J connectivity index is 2.39. The number of nitrogens with two attached hydrogens (primary N) is 1. The van der Waals surface area contributed by atoms with Gasteiger partial charge in [-0.2, -0.15) is 0 Å². The lowest BCUT2D eigenvalue weighted by atomic mass is 10.1. The molecule has 2 N–H and O–H groups in total. The summed E-state index contributed by atoms with van der Waals surface area (Å²) in [6, 6.07) is 5.81. The van der Waals surface area contributed by atoms with Crippen LogP contribution in [0.1, 0.15) is 10.6 Å². The van der Waals surface area contributed by atoms with Gasteiger partial charge >= 0.3 is 0 Å². The monoisotopic (exact) mass is 253 g/mol. The lowest BCUT2D eigenvalue weighted by Crippen LogP contribution is -2.01. The van der Waals surface area contributed by atoms with Gasteiger partial charge in [0.1, 0.15) is 10.0 Å². The standard InChI is InChI=1S/C11H12ClN3S/c1-7-8(3-2-4-9(7)12)11-15-14-10(16-11)5-6-13/h2-4H,5-6,13H2,1H3. The van der Waals surface area contributed by atoms with E-state index in [9.17, 15) is 0 Å². The first-order chi connectivity index (χ1) is 7.72. The van der Waals surface area contributed by atoms with Crippen molar-refractivity contribution < 1.29 is 0 Å². The van der Waals surface area contributed by atoms with Crippen molar-refractivity contribution in [3.05, 3.63) is 33.8 Å². The van der Waals surface area contributed by atoms with E-state index >= 15 is 0 Å². The van der Waals surface area contributed by atoms with Gasteiger partial charge in [-0.25, -0.2) is 0 Å². The highest BCUT2D eigenvalue weighted by Gasteiger charge is 2.10. The third kappa shape index (κ3) is 2.24. The van der Waals surface area contributed by atoms with Gasteiger partial charge in [0, 0.05) is 17.0 Å². The van der Waals surface area contributed by atoms with Gasteiger partial charge in [-0.15, -0.1) is 10.2 Å². The van der Waals surface area contributed by atoms with E-state index in [-0.39, 0.29) is 0 Å². The van der Waals surface area contributed by atoms with Crippen molar-refractivity contribution >= 4 is 22.9 Å². The minimum atomic E-state index is 0.600. The van der Waals surface area contributed by atoms with Gasteiger partial charge in [0.15, 0.2) is 0 Å².